The summed E-state index contributed by atoms with van der Waals surface area (Å²) in [5, 5.41) is 2.95. The molecule has 0 bridgehead atoms. The number of nitrogens with two attached hydrogens (primary N) is 1. The van der Waals surface area contributed by atoms with Gasteiger partial charge in [-0.2, -0.15) is 0 Å². The molecule has 1 amide bonds. The third-order valence-corrected chi connectivity index (χ3v) is 4.41. The van der Waals surface area contributed by atoms with Gasteiger partial charge in [-0.15, -0.1) is 0 Å². The van der Waals surface area contributed by atoms with Gasteiger partial charge in [-0.3, -0.25) is 4.79 Å². The predicted octanol–water partition coefficient (Wildman–Crippen LogP) is 2.13. The van der Waals surface area contributed by atoms with Gasteiger partial charge in [0.1, 0.15) is 5.75 Å². The standard InChI is InChI=1S/C15H19BrN2O2/c16-12-5-10-3-4-20-15(10)11(6-12)8-18-14(19)7-13(17)9-1-2-9/h5-6,9,13H,1-4,7-8,17H2,(H,18,19). The minimum Gasteiger partial charge on any atom is -0.493 e. The van der Waals surface area contributed by atoms with Crippen LogP contribution in [0.4, 0.5) is 0 Å². The Bertz CT molecular complexity index is 529. The molecule has 0 spiro atoms. The molecule has 3 rings (SSSR count). The number of nitrogens with one attached hydrogen (secondary N) is 1. The Labute approximate surface area is 127 Å². The lowest BCUT2D eigenvalue weighted by molar-refractivity contribution is -0.121. The van der Waals surface area contributed by atoms with E-state index in [1.807, 2.05) is 6.07 Å². The number of carbonyl (C=O) groups excluding carboxylic acids is 1. The molecule has 0 aromatic heterocycles. The third-order valence-electron chi connectivity index (χ3n) is 3.95. The van der Waals surface area contributed by atoms with E-state index in [1.165, 1.54) is 18.4 Å². The summed E-state index contributed by atoms with van der Waals surface area (Å²) in [7, 11) is 0. The van der Waals surface area contributed by atoms with Gasteiger partial charge in [0.2, 0.25) is 5.91 Å². The minimum absolute atomic E-state index is 0.0134. The summed E-state index contributed by atoms with van der Waals surface area (Å²) in [5.41, 5.74) is 8.20. The highest BCUT2D eigenvalue weighted by Gasteiger charge is 2.29. The van der Waals surface area contributed by atoms with Gasteiger partial charge in [-0.05, 0) is 36.5 Å². The fraction of sp³-hybridized carbons (Fsp3) is 0.533. The molecule has 1 saturated carbocycles. The molecule has 20 heavy (non-hydrogen) atoms. The Morgan fingerprint density at radius 2 is 2.30 bits per heavy atom. The van der Waals surface area contributed by atoms with Crippen molar-refractivity contribution in [3.8, 4) is 5.75 Å². The van der Waals surface area contributed by atoms with Crippen LogP contribution in [0.1, 0.15) is 30.4 Å². The van der Waals surface area contributed by atoms with Gasteiger partial charge >= 0.3 is 0 Å². The number of hydrogen-bond acceptors (Lipinski definition) is 3. The van der Waals surface area contributed by atoms with Crippen LogP contribution in [-0.4, -0.2) is 18.6 Å². The van der Waals surface area contributed by atoms with E-state index in [0.29, 0.717) is 18.9 Å². The van der Waals surface area contributed by atoms with Crippen molar-refractivity contribution in [3.05, 3.63) is 27.7 Å². The van der Waals surface area contributed by atoms with Crippen LogP contribution in [0, 0.1) is 5.92 Å². The average Bonchev–Trinajstić information content (AvgIpc) is 3.15. The van der Waals surface area contributed by atoms with E-state index in [1.54, 1.807) is 0 Å². The van der Waals surface area contributed by atoms with Gasteiger partial charge in [0, 0.05) is 35.5 Å². The number of carbonyl (C=O) groups is 1. The normalized spacial score (nSPS) is 18.3. The molecule has 4 nitrogen and oxygen atoms in total. The Hall–Kier alpha value is -1.07. The van der Waals surface area contributed by atoms with Gasteiger partial charge in [0.05, 0.1) is 6.61 Å². The second-order valence-corrected chi connectivity index (χ2v) is 6.55. The zero-order chi connectivity index (χ0) is 14.1. The topological polar surface area (TPSA) is 64.4 Å². The van der Waals surface area contributed by atoms with Crippen molar-refractivity contribution in [3.63, 3.8) is 0 Å². The molecule has 108 valence electrons. The van der Waals surface area contributed by atoms with E-state index < -0.39 is 0 Å². The fourth-order valence-corrected chi connectivity index (χ4v) is 3.20. The molecular weight excluding hydrogens is 320 g/mol. The highest BCUT2D eigenvalue weighted by molar-refractivity contribution is 9.10. The fourth-order valence-electron chi connectivity index (χ4n) is 2.65. The summed E-state index contributed by atoms with van der Waals surface area (Å²) >= 11 is 3.50. The maximum Gasteiger partial charge on any atom is 0.221 e. The number of rotatable bonds is 5. The van der Waals surface area contributed by atoms with E-state index in [2.05, 4.69) is 27.3 Å². The molecule has 2 aliphatic rings. The summed E-state index contributed by atoms with van der Waals surface area (Å²) in [5.74, 6) is 1.51. The van der Waals surface area contributed by atoms with E-state index in [4.69, 9.17) is 10.5 Å². The summed E-state index contributed by atoms with van der Waals surface area (Å²) in [6.07, 6.45) is 3.69. The molecule has 1 aliphatic heterocycles. The summed E-state index contributed by atoms with van der Waals surface area (Å²) in [6.45, 7) is 1.22. The molecule has 1 aromatic rings. The van der Waals surface area contributed by atoms with Crippen LogP contribution in [0.5, 0.6) is 5.75 Å². The quantitative estimate of drug-likeness (QED) is 0.864. The zero-order valence-electron chi connectivity index (χ0n) is 11.3. The summed E-state index contributed by atoms with van der Waals surface area (Å²) in [6, 6.07) is 4.10. The van der Waals surface area contributed by atoms with Gasteiger partial charge in [0.15, 0.2) is 0 Å². The number of ether oxygens (including phenoxy) is 1. The Kier molecular flexibility index (Phi) is 3.98. The van der Waals surface area contributed by atoms with Crippen molar-refractivity contribution >= 4 is 21.8 Å². The van der Waals surface area contributed by atoms with Gasteiger partial charge in [-0.25, -0.2) is 0 Å². The van der Waals surface area contributed by atoms with Crippen LogP contribution in [0.2, 0.25) is 0 Å². The highest BCUT2D eigenvalue weighted by Crippen LogP contribution is 2.34. The SMILES string of the molecule is NC(CC(=O)NCc1cc(Br)cc2c1OCC2)C1CC1. The van der Waals surface area contributed by atoms with Crippen LogP contribution in [0.15, 0.2) is 16.6 Å². The monoisotopic (exact) mass is 338 g/mol. The molecule has 1 heterocycles. The van der Waals surface area contributed by atoms with Crippen LogP contribution < -0.4 is 15.8 Å². The summed E-state index contributed by atoms with van der Waals surface area (Å²) in [4.78, 5) is 11.9. The molecule has 1 aromatic carbocycles. The van der Waals surface area contributed by atoms with Crippen LogP contribution in [0.25, 0.3) is 0 Å². The number of benzene rings is 1. The number of amides is 1. The van der Waals surface area contributed by atoms with Crippen LogP contribution in [0.3, 0.4) is 0 Å². The number of fused-ring (bicyclic) bond motifs is 1. The summed E-state index contributed by atoms with van der Waals surface area (Å²) < 4.78 is 6.68. The molecule has 1 fully saturated rings. The third kappa shape index (κ3) is 3.15. The van der Waals surface area contributed by atoms with Crippen molar-refractivity contribution in [1.82, 2.24) is 5.32 Å². The minimum atomic E-state index is 0.0134. The van der Waals surface area contributed by atoms with Crippen molar-refractivity contribution in [2.24, 2.45) is 11.7 Å². The molecule has 0 saturated heterocycles. The van der Waals surface area contributed by atoms with E-state index in [0.717, 1.165) is 28.8 Å². The first kappa shape index (κ1) is 13.9. The molecule has 3 N–H and O–H groups in total. The lowest BCUT2D eigenvalue weighted by atomic mass is 10.1. The van der Waals surface area contributed by atoms with Crippen molar-refractivity contribution < 1.29 is 9.53 Å². The zero-order valence-corrected chi connectivity index (χ0v) is 12.9. The predicted molar refractivity (Wildman–Crippen MR) is 80.5 cm³/mol. The second-order valence-electron chi connectivity index (χ2n) is 5.63. The maximum atomic E-state index is 11.9. The van der Waals surface area contributed by atoms with Crippen molar-refractivity contribution in [1.29, 1.82) is 0 Å². The largest absolute Gasteiger partial charge is 0.493 e. The lowest BCUT2D eigenvalue weighted by Gasteiger charge is -2.12. The van der Waals surface area contributed by atoms with E-state index in [-0.39, 0.29) is 11.9 Å². The first-order valence-corrected chi connectivity index (χ1v) is 7.89. The molecule has 5 heteroatoms. The number of hydrogen-bond donors (Lipinski definition) is 2. The molecule has 0 radical (unpaired) electrons. The molecular formula is C15H19BrN2O2. The second kappa shape index (κ2) is 5.74. The van der Waals surface area contributed by atoms with E-state index >= 15 is 0 Å². The van der Waals surface area contributed by atoms with Crippen LogP contribution in [-0.2, 0) is 17.8 Å². The van der Waals surface area contributed by atoms with Crippen molar-refractivity contribution in [2.75, 3.05) is 6.61 Å². The Morgan fingerprint density at radius 3 is 3.05 bits per heavy atom. The van der Waals surface area contributed by atoms with Crippen molar-refractivity contribution in [2.45, 2.75) is 38.3 Å². The Morgan fingerprint density at radius 1 is 1.50 bits per heavy atom. The maximum absolute atomic E-state index is 11.9. The van der Waals surface area contributed by atoms with Gasteiger partial charge < -0.3 is 15.8 Å². The van der Waals surface area contributed by atoms with E-state index in [9.17, 15) is 4.79 Å². The first-order valence-electron chi connectivity index (χ1n) is 7.10. The van der Waals surface area contributed by atoms with Gasteiger partial charge in [-0.1, -0.05) is 15.9 Å². The molecule has 1 atom stereocenters. The van der Waals surface area contributed by atoms with Gasteiger partial charge in [0.25, 0.3) is 0 Å². The average molecular weight is 339 g/mol. The molecule has 1 unspecified atom stereocenters. The van der Waals surface area contributed by atoms with Crippen LogP contribution >= 0.6 is 15.9 Å². The smallest absolute Gasteiger partial charge is 0.221 e. The Balaban J connectivity index is 1.59. The first-order chi connectivity index (χ1) is 9.63. The lowest BCUT2D eigenvalue weighted by Crippen LogP contribution is -2.32. The molecule has 1 aliphatic carbocycles. The highest BCUT2D eigenvalue weighted by atomic mass is 79.9. The number of halogens is 1.